The summed E-state index contributed by atoms with van der Waals surface area (Å²) in [6, 6.07) is 36.2. The van der Waals surface area contributed by atoms with Crippen LogP contribution in [0.2, 0.25) is 0 Å². The number of rotatable bonds is 6. The average Bonchev–Trinajstić information content (AvgIpc) is 3.38. The number of carboxylic acids is 2. The molecule has 2 aliphatic carbocycles. The molecule has 75 heavy (non-hydrogen) atoms. The number of fused-ring (bicyclic) bond motifs is 4. The molecule has 0 aromatic heterocycles. The quantitative estimate of drug-likeness (QED) is 0.0745. The number of carbonyl (C=O) groups is 6. The molecule has 4 aliphatic rings. The monoisotopic (exact) mass is 1020 g/mol. The topological polar surface area (TPSA) is 294 Å². The van der Waals surface area contributed by atoms with Crippen LogP contribution in [0.15, 0.2) is 152 Å². The Morgan fingerprint density at radius 3 is 1.40 bits per heavy atom. The first-order valence-electron chi connectivity index (χ1n) is 23.2. The first kappa shape index (κ1) is 51.8. The Kier molecular flexibility index (Phi) is 14.2. The number of ether oxygens (including phenoxy) is 6. The van der Waals surface area contributed by atoms with Crippen LogP contribution in [0.25, 0.3) is 21.5 Å². The Labute approximate surface area is 427 Å². The highest BCUT2D eigenvalue weighted by atomic mass is 16.7. The van der Waals surface area contributed by atoms with Crippen molar-refractivity contribution in [1.82, 2.24) is 0 Å². The summed E-state index contributed by atoms with van der Waals surface area (Å²) < 4.78 is 36.5. The van der Waals surface area contributed by atoms with E-state index in [2.05, 4.69) is 11.5 Å². The highest BCUT2D eigenvalue weighted by Gasteiger charge is 2.47. The van der Waals surface area contributed by atoms with E-state index >= 15 is 0 Å². The molecule has 7 aromatic carbocycles. The summed E-state index contributed by atoms with van der Waals surface area (Å²) in [5.41, 5.74) is 9.01. The van der Waals surface area contributed by atoms with Gasteiger partial charge in [0.2, 0.25) is 0 Å². The zero-order chi connectivity index (χ0) is 54.0. The molecule has 0 bridgehead atoms. The van der Waals surface area contributed by atoms with Crippen LogP contribution >= 0.6 is 0 Å². The van der Waals surface area contributed by atoms with E-state index in [1.54, 1.807) is 92.7 Å². The molecule has 2 spiro atoms. The zero-order valence-corrected chi connectivity index (χ0v) is 40.8. The van der Waals surface area contributed by atoms with Gasteiger partial charge in [0.1, 0.15) is 46.0 Å². The van der Waals surface area contributed by atoms with Crippen LogP contribution in [0.3, 0.4) is 0 Å². The fraction of sp³-hybridized carbons (Fsp3) is 0.158. The van der Waals surface area contributed by atoms with Crippen LogP contribution < -0.4 is 39.9 Å². The summed E-state index contributed by atoms with van der Waals surface area (Å²) in [4.78, 5) is 68.1. The number of carboxylic acid groups (broad SMARTS) is 2. The fourth-order valence-corrected chi connectivity index (χ4v) is 8.51. The number of phenols is 2. The third kappa shape index (κ3) is 10.5. The number of aliphatic carboxylic acids is 2. The third-order valence-electron chi connectivity index (χ3n) is 11.8. The number of ketones is 2. The summed E-state index contributed by atoms with van der Waals surface area (Å²) >= 11 is 0. The maximum absolute atomic E-state index is 12.8. The smallest absolute Gasteiger partial charge is 0.372 e. The van der Waals surface area contributed by atoms with Crippen LogP contribution in [-0.2, 0) is 37.2 Å². The van der Waals surface area contributed by atoms with Crippen molar-refractivity contribution in [1.29, 1.82) is 0 Å². The fourth-order valence-electron chi connectivity index (χ4n) is 8.51. The standard InChI is InChI=1S/C29H21NO6.C24H19NO6.2C2H4O2/c30-20(16-17-6-2-1-3-7-17)28(33)34-23-12-13-25-26-18(23)8-4-11-24(26)35-29(36-25)15-14-22(32)27-19(29)9-5-10-21(27)31;1-23(2,25)22(28)29-17-9-10-19-20-13(17)5-3-8-18(20)30-24(31-19)12-11-16(27)21-14(24)6-4-7-15(21)26;2*1-2(3)4/h1-15,20,31H,16,30H2;3-12,26H,25H2,1-2H3;2*1H3,(H,3,4)/p+2. The number of carbonyl (C=O) groups excluding carboxylic acids is 4. The molecule has 11 rings (SSSR count). The molecule has 2 heterocycles. The summed E-state index contributed by atoms with van der Waals surface area (Å²) in [6.07, 6.45) is 6.22. The largest absolute Gasteiger partial charge is 0.507 e. The van der Waals surface area contributed by atoms with Gasteiger partial charge < -0.3 is 60.3 Å². The van der Waals surface area contributed by atoms with Gasteiger partial charge in [0.25, 0.3) is 23.5 Å². The van der Waals surface area contributed by atoms with Crippen molar-refractivity contribution in [2.45, 2.75) is 57.3 Å². The molecule has 18 nitrogen and oxygen atoms in total. The van der Waals surface area contributed by atoms with Crippen LogP contribution in [0.1, 0.15) is 65.1 Å². The lowest BCUT2D eigenvalue weighted by molar-refractivity contribution is -0.449. The maximum atomic E-state index is 12.8. The summed E-state index contributed by atoms with van der Waals surface area (Å²) in [6.45, 7) is 5.53. The van der Waals surface area contributed by atoms with Crippen molar-refractivity contribution < 1.29 is 89.1 Å². The minimum absolute atomic E-state index is 0.138. The molecule has 0 radical (unpaired) electrons. The molecule has 10 N–H and O–H groups in total. The molecule has 3 atom stereocenters. The highest BCUT2D eigenvalue weighted by Crippen LogP contribution is 2.52. The number of allylic oxidation sites excluding steroid dienone is 2. The van der Waals surface area contributed by atoms with Crippen LogP contribution in [0.5, 0.6) is 46.0 Å². The predicted octanol–water partition coefficient (Wildman–Crippen LogP) is 6.71. The Morgan fingerprint density at radius 1 is 0.573 bits per heavy atom. The van der Waals surface area contributed by atoms with Gasteiger partial charge in [-0.2, -0.15) is 0 Å². The Bertz CT molecular complexity index is 3480. The van der Waals surface area contributed by atoms with Gasteiger partial charge in [-0.05, 0) is 78.4 Å². The Morgan fingerprint density at radius 2 is 0.973 bits per heavy atom. The number of aromatic hydroxyl groups is 2. The molecule has 0 saturated carbocycles. The van der Waals surface area contributed by atoms with Gasteiger partial charge in [0.05, 0.1) is 33.0 Å². The highest BCUT2D eigenvalue weighted by molar-refractivity contribution is 6.10. The molecule has 0 fully saturated rings. The lowest BCUT2D eigenvalue weighted by atomic mass is 9.89. The van der Waals surface area contributed by atoms with Gasteiger partial charge in [-0.1, -0.05) is 66.7 Å². The summed E-state index contributed by atoms with van der Waals surface area (Å²) in [5, 5.41) is 38.0. The molecule has 2 aliphatic heterocycles. The normalized spacial score (nSPS) is 17.3. The van der Waals surface area contributed by atoms with Gasteiger partial charge in [-0.25, -0.2) is 9.59 Å². The van der Waals surface area contributed by atoms with E-state index in [1.807, 2.05) is 42.5 Å². The lowest BCUT2D eigenvalue weighted by Gasteiger charge is -2.39. The van der Waals surface area contributed by atoms with Crippen molar-refractivity contribution in [3.8, 4) is 46.0 Å². The molecule has 0 saturated heterocycles. The van der Waals surface area contributed by atoms with E-state index in [0.717, 1.165) is 19.4 Å². The zero-order valence-electron chi connectivity index (χ0n) is 40.8. The van der Waals surface area contributed by atoms with Gasteiger partial charge in [0, 0.05) is 57.0 Å². The van der Waals surface area contributed by atoms with Crippen molar-refractivity contribution in [2.75, 3.05) is 0 Å². The summed E-state index contributed by atoms with van der Waals surface area (Å²) in [7, 11) is 0. The second-order valence-corrected chi connectivity index (χ2v) is 18.1. The minimum Gasteiger partial charge on any atom is -0.507 e. The van der Waals surface area contributed by atoms with Crippen LogP contribution in [0, 0.1) is 0 Å². The van der Waals surface area contributed by atoms with E-state index in [9.17, 15) is 29.4 Å². The molecule has 3 unspecified atom stereocenters. The second kappa shape index (κ2) is 20.5. The molecule has 382 valence electrons. The van der Waals surface area contributed by atoms with E-state index in [1.165, 1.54) is 30.4 Å². The Hall–Kier alpha value is -9.52. The van der Waals surface area contributed by atoms with E-state index in [4.69, 9.17) is 48.2 Å². The van der Waals surface area contributed by atoms with Gasteiger partial charge in [-0.3, -0.25) is 19.2 Å². The SMILES string of the molecule is CC(=O)O.CC(=O)O.CC(C)([NH3+])C(=O)Oc1ccc2c3c(cccc13)OC1(C=CC(=O)c3c(O)cccc31)O2.[NH3+]C(Cc1ccccc1)C(=O)Oc1ccc2c3c(cccc13)OC1(C=CC(=O)c3c(O)cccc31)O2. The first-order chi connectivity index (χ1) is 35.6. The van der Waals surface area contributed by atoms with Crippen molar-refractivity contribution in [3.05, 3.63) is 180 Å². The number of hydrogen-bond acceptors (Lipinski definition) is 14. The molecular formula is C57H50N2O16+2. The van der Waals surface area contributed by atoms with E-state index in [-0.39, 0.29) is 34.2 Å². The predicted molar refractivity (Wildman–Crippen MR) is 269 cm³/mol. The molecule has 7 aromatic rings. The minimum atomic E-state index is -1.42. The average molecular weight is 1020 g/mol. The van der Waals surface area contributed by atoms with Crippen LogP contribution in [0.4, 0.5) is 0 Å². The number of phenolic OH excluding ortho intramolecular Hbond substituents is 2. The third-order valence-corrected chi connectivity index (χ3v) is 11.8. The van der Waals surface area contributed by atoms with Gasteiger partial charge >= 0.3 is 11.9 Å². The van der Waals surface area contributed by atoms with Gasteiger partial charge in [-0.15, -0.1) is 0 Å². The van der Waals surface area contributed by atoms with Crippen molar-refractivity contribution in [3.63, 3.8) is 0 Å². The molecule has 0 amide bonds. The molecular weight excluding hydrogens is 969 g/mol. The van der Waals surface area contributed by atoms with Crippen LogP contribution in [-0.4, -0.2) is 67.5 Å². The first-order valence-corrected chi connectivity index (χ1v) is 23.2. The number of benzene rings is 7. The van der Waals surface area contributed by atoms with Crippen molar-refractivity contribution >= 4 is 57.0 Å². The van der Waals surface area contributed by atoms with E-state index in [0.29, 0.717) is 73.6 Å². The van der Waals surface area contributed by atoms with Crippen molar-refractivity contribution in [2.24, 2.45) is 0 Å². The summed E-state index contributed by atoms with van der Waals surface area (Å²) in [5.74, 6) is -3.59. The number of quaternary nitrogens is 2. The number of hydrogen-bond donors (Lipinski definition) is 6. The lowest BCUT2D eigenvalue weighted by Crippen LogP contribution is -2.74. The molecule has 18 heteroatoms. The maximum Gasteiger partial charge on any atom is 0.372 e. The van der Waals surface area contributed by atoms with Gasteiger partial charge in [0.15, 0.2) is 23.1 Å². The second-order valence-electron chi connectivity index (χ2n) is 18.1. The Balaban J connectivity index is 0.000000176. The van der Waals surface area contributed by atoms with E-state index < -0.39 is 47.0 Å². The number of esters is 2.